The Hall–Kier alpha value is -6.23. The summed E-state index contributed by atoms with van der Waals surface area (Å²) in [6, 6.07) is 36.0. The van der Waals surface area contributed by atoms with Crippen LogP contribution >= 0.6 is 26.3 Å². The molecule has 0 aromatic heterocycles. The fourth-order valence-corrected chi connectivity index (χ4v) is 3.36. The van der Waals surface area contributed by atoms with Crippen LogP contribution in [0, 0.1) is 0 Å². The van der Waals surface area contributed by atoms with Gasteiger partial charge in [-0.3, -0.25) is 51.9 Å². The van der Waals surface area contributed by atoms with Crippen LogP contribution in [0.2, 0.25) is 0 Å². The number of Topliss-reactive ketones (excluding diaryl/α,β-unsaturated/α-hetero) is 1. The van der Waals surface area contributed by atoms with Gasteiger partial charge < -0.3 is 77.3 Å². The van der Waals surface area contributed by atoms with Crippen molar-refractivity contribution >= 4 is 95.8 Å². The largest absolute Gasteiger partial charge is 0.469 e. The molecule has 0 saturated heterocycles. The normalized spacial score (nSPS) is 8.71. The van der Waals surface area contributed by atoms with Crippen molar-refractivity contribution in [2.24, 2.45) is 0 Å². The van der Waals surface area contributed by atoms with Gasteiger partial charge in [-0.1, -0.05) is 185 Å². The molecule has 0 unspecified atom stereocenters. The number of carbonyl (C=O) groups is 10. The zero-order valence-corrected chi connectivity index (χ0v) is 88.9. The van der Waals surface area contributed by atoms with Crippen molar-refractivity contribution in [1.82, 2.24) is 20.4 Å². The van der Waals surface area contributed by atoms with E-state index in [0.29, 0.717) is 13.2 Å². The molecule has 3 aromatic carbocycles. The summed E-state index contributed by atoms with van der Waals surface area (Å²) in [6.45, 7) is 46.8. The van der Waals surface area contributed by atoms with Gasteiger partial charge in [0, 0.05) is 139 Å². The Bertz CT molecular complexity index is 2290. The summed E-state index contributed by atoms with van der Waals surface area (Å²) in [7, 11) is 19.0. The zero-order valence-electron chi connectivity index (χ0n) is 82.6. The van der Waals surface area contributed by atoms with E-state index < -0.39 is 24.6 Å². The Morgan fingerprint density at radius 2 is 0.610 bits per heavy atom. The first-order chi connectivity index (χ1) is 54.1. The number of ether oxygens (including phenoxy) is 9. The molecule has 0 aliphatic heterocycles. The van der Waals surface area contributed by atoms with Gasteiger partial charge in [0.1, 0.15) is 18.5 Å². The maximum Gasteiger partial charge on any atom is 0.308 e. The topological polar surface area (TPSA) is 382 Å². The number of hydrogen-bond acceptors (Lipinski definition) is 27. The molecule has 2 amide bonds. The van der Waals surface area contributed by atoms with E-state index >= 15 is 0 Å². The molecule has 1 aliphatic carbocycles. The number of thioether (sulfide) groups is 1. The molecule has 0 atom stereocenters. The summed E-state index contributed by atoms with van der Waals surface area (Å²) in [6.07, 6.45) is 11.3. The summed E-state index contributed by atoms with van der Waals surface area (Å²) < 4.78 is 82.8. The van der Waals surface area contributed by atoms with Gasteiger partial charge in [-0.05, 0) is 121 Å². The minimum absolute atomic E-state index is 0. The van der Waals surface area contributed by atoms with Crippen LogP contribution in [0.25, 0.3) is 0 Å². The molecular formula is C84H178N4O25P2S2W. The second-order valence-electron chi connectivity index (χ2n) is 21.5. The molecule has 118 heavy (non-hydrogen) atoms. The van der Waals surface area contributed by atoms with Crippen LogP contribution in [0.1, 0.15) is 191 Å². The number of carbonyl (C=O) groups excluding carboxylic acids is 10. The van der Waals surface area contributed by atoms with Gasteiger partial charge in [0.25, 0.3) is 10.1 Å². The quantitative estimate of drug-likeness (QED) is 0.0856. The number of methoxy groups -OCH3 is 5. The van der Waals surface area contributed by atoms with Crippen molar-refractivity contribution < 1.29 is 138 Å². The Kier molecular flexibility index (Phi) is 234. The third-order valence-electron chi connectivity index (χ3n) is 7.28. The van der Waals surface area contributed by atoms with E-state index in [9.17, 15) is 65.5 Å². The Labute approximate surface area is 741 Å². The molecule has 1 aliphatic rings. The van der Waals surface area contributed by atoms with E-state index in [4.69, 9.17) is 9.63 Å². The summed E-state index contributed by atoms with van der Waals surface area (Å²) >= 11 is 1.75. The predicted octanol–water partition coefficient (Wildman–Crippen LogP) is 17.0. The van der Waals surface area contributed by atoms with Crippen LogP contribution < -0.4 is 10.6 Å². The second-order valence-corrected chi connectivity index (χ2v) is 30.4. The van der Waals surface area contributed by atoms with E-state index in [1.54, 1.807) is 95.2 Å². The first kappa shape index (κ1) is 170. The number of amides is 2. The van der Waals surface area contributed by atoms with Gasteiger partial charge in [-0.15, -0.1) is 0 Å². The molecule has 0 spiro atoms. The van der Waals surface area contributed by atoms with Crippen molar-refractivity contribution in [3.8, 4) is 0 Å². The average molecular weight is 1950 g/mol. The van der Waals surface area contributed by atoms with Crippen molar-refractivity contribution in [2.45, 2.75) is 197 Å². The fraction of sp³-hybridized carbons (Fsp3) is 0.667. The van der Waals surface area contributed by atoms with Crippen LogP contribution in [-0.2, 0) is 135 Å². The Morgan fingerprint density at radius 1 is 0.449 bits per heavy atom. The summed E-state index contributed by atoms with van der Waals surface area (Å²) in [4.78, 5) is 111. The number of ketones is 1. The van der Waals surface area contributed by atoms with Crippen LogP contribution in [0.3, 0.4) is 0 Å². The number of nitrogens with one attached hydrogen (secondary N) is 2. The minimum Gasteiger partial charge on any atom is -0.469 e. The van der Waals surface area contributed by atoms with Crippen molar-refractivity contribution in [3.63, 3.8) is 0 Å². The predicted molar refractivity (Wildman–Crippen MR) is 497 cm³/mol. The molecule has 29 nitrogen and oxygen atoms in total. The zero-order chi connectivity index (χ0) is 98.3. The smallest absolute Gasteiger partial charge is 0.308 e. The summed E-state index contributed by atoms with van der Waals surface area (Å²) in [5.41, 5.74) is 0. The van der Waals surface area contributed by atoms with Crippen LogP contribution in [0.4, 0.5) is 0 Å². The molecule has 3 N–H and O–H groups in total. The number of rotatable bonds is 7. The van der Waals surface area contributed by atoms with E-state index in [-0.39, 0.29) is 99.6 Å². The molecule has 712 valence electrons. The van der Waals surface area contributed by atoms with E-state index in [2.05, 4.69) is 52.7 Å². The molecule has 0 bridgehead atoms. The molecule has 1 saturated carbocycles. The van der Waals surface area contributed by atoms with Crippen LogP contribution in [-0.4, -0.2) is 274 Å². The minimum atomic E-state index is -3.16. The first-order valence-corrected chi connectivity index (χ1v) is 46.7. The van der Waals surface area contributed by atoms with Gasteiger partial charge in [0.05, 0.1) is 61.5 Å². The monoisotopic (exact) mass is 1950 g/mol. The fourth-order valence-electron chi connectivity index (χ4n) is 3.36. The number of nitrogens with zero attached hydrogens (tertiary/aromatic N) is 2. The van der Waals surface area contributed by atoms with Gasteiger partial charge in [0.2, 0.25) is 11.8 Å². The molecule has 34 heteroatoms. The third-order valence-corrected chi connectivity index (χ3v) is 7.88. The maximum absolute atomic E-state index is 10.5. The first-order valence-electron chi connectivity index (χ1n) is 37.7. The number of benzene rings is 3. The van der Waals surface area contributed by atoms with Crippen LogP contribution in [0.5, 0.6) is 0 Å². The van der Waals surface area contributed by atoms with Crippen LogP contribution in [0.15, 0.2) is 109 Å². The standard InChI is InChI=1S/C8H14O2.C6H10O4.3C6H6.C4H9NO.2C4H8O2.C3H7NO.C3H9N.2C3H6O2.C3H9OP.C3H6O.C2H7N.C2H6O3S.C2H7O2P.2C2H6O.C2H6S.5C2H6.W/c1-7(9)10-8-5-3-2-4-6-8;1-5(7)10-4-3-6(8)9-2;3*1-2-4-6-5-3-1;1-4(6)5(2)3;2*1-3-6-4(2)5;1-3(5)4-2;1-4(2)3;2*1-3(4)5-2;1-5(2,3)4;1-3(2)4;1-3-2;1-5-6(2,3)4;1-5(2,3)4;3*1-3-2;5*1-2;/h8H,2-6H2,1H3;3-4H2,1-2H3;3*1-6H;1-3H3;2*3H2,1-2H3;1-2H3,(H,4,5);1-3H3;2*1-2H3;1-3H3;1-2H3;3H,1-2H3;1-2H3;1-2H3,(H,3,4);3*1-2H3;5*1-2H3;. The van der Waals surface area contributed by atoms with E-state index in [0.717, 1.165) is 26.2 Å². The van der Waals surface area contributed by atoms with Gasteiger partial charge in [0.15, 0.2) is 7.37 Å². The average Bonchev–Trinajstić information content (AvgIpc) is 0.954. The molecule has 0 radical (unpaired) electrons. The maximum atomic E-state index is 10.5. The molecule has 3 aromatic rings. The van der Waals surface area contributed by atoms with Gasteiger partial charge in [-0.25, -0.2) is 0 Å². The molecule has 0 heterocycles. The van der Waals surface area contributed by atoms with Crippen molar-refractivity contribution in [1.29, 1.82) is 0 Å². The third kappa shape index (κ3) is 504. The van der Waals surface area contributed by atoms with Crippen molar-refractivity contribution in [2.75, 3.05) is 185 Å². The number of hydrogen-bond donors (Lipinski definition) is 3. The second kappa shape index (κ2) is 162. The Morgan fingerprint density at radius 3 is 0.695 bits per heavy atom. The van der Waals surface area contributed by atoms with Crippen molar-refractivity contribution in [3.05, 3.63) is 109 Å². The SMILES string of the molecule is CC.CC.CC.CC.CC.CC(=O)N(C)C.CC(=O)OC1CCCCC1.CC(C)=O.CCOC(C)=O.CCOC(C)=O.CN(C)C.CNC.CNC(C)=O.COC.COC.COC(=O)CCOC(C)=O.COC(C)=O.COC(C)=O.COS(C)(=O)=O.CP(C)(=O)O.CP(C)(C)=O.CSC.[W].c1ccccc1.c1ccccc1.c1ccccc1. The van der Waals surface area contributed by atoms with E-state index in [1.165, 1.54) is 128 Å². The Balaban J connectivity index is -0.0000000412. The molecular weight excluding hydrogens is 1770 g/mol. The summed E-state index contributed by atoms with van der Waals surface area (Å²) in [5, 5.41) is 5.14. The summed E-state index contributed by atoms with van der Waals surface area (Å²) in [5.74, 6) is -1.54. The van der Waals surface area contributed by atoms with Gasteiger partial charge in [-0.2, -0.15) is 20.2 Å². The molecule has 4 rings (SSSR count). The van der Waals surface area contributed by atoms with E-state index in [1.807, 2.05) is 231 Å². The molecule has 1 fully saturated rings. The van der Waals surface area contributed by atoms with Gasteiger partial charge >= 0.3 is 41.8 Å². The number of esters is 7.